The number of nitrogens with zero attached hydrogens (tertiary/aromatic N) is 3. The van der Waals surface area contributed by atoms with E-state index in [0.717, 1.165) is 11.3 Å². The second-order valence-electron chi connectivity index (χ2n) is 5.74. The number of aryl methyl sites for hydroxylation is 1. The van der Waals surface area contributed by atoms with Gasteiger partial charge >= 0.3 is 0 Å². The van der Waals surface area contributed by atoms with Crippen molar-refractivity contribution in [1.82, 2.24) is 13.9 Å². The van der Waals surface area contributed by atoms with Crippen LogP contribution < -0.4 is 10.5 Å². The number of sulfonamides is 1. The van der Waals surface area contributed by atoms with Crippen molar-refractivity contribution >= 4 is 10.0 Å². The molecular weight excluding hydrogens is 316 g/mol. The molecule has 0 saturated carbocycles. The van der Waals surface area contributed by atoms with Crippen LogP contribution in [0.15, 0.2) is 41.8 Å². The highest BCUT2D eigenvalue weighted by molar-refractivity contribution is 7.89. The van der Waals surface area contributed by atoms with Crippen molar-refractivity contribution in [2.24, 2.45) is 12.8 Å². The molecule has 23 heavy (non-hydrogen) atoms. The van der Waals surface area contributed by atoms with Gasteiger partial charge in [-0.1, -0.05) is 12.1 Å². The Hall–Kier alpha value is -1.90. The van der Waals surface area contributed by atoms with Gasteiger partial charge in [0.2, 0.25) is 0 Å². The maximum absolute atomic E-state index is 12.6. The molecule has 0 bridgehead atoms. The van der Waals surface area contributed by atoms with E-state index < -0.39 is 10.0 Å². The Kier molecular flexibility index (Phi) is 4.13. The van der Waals surface area contributed by atoms with Crippen LogP contribution in [0.5, 0.6) is 5.75 Å². The number of benzene rings is 1. The molecular formula is C15H20N4O3S. The first-order valence-corrected chi connectivity index (χ1v) is 8.73. The zero-order valence-electron chi connectivity index (χ0n) is 13.1. The van der Waals surface area contributed by atoms with Crippen molar-refractivity contribution in [3.8, 4) is 5.75 Å². The fraction of sp³-hybridized carbons (Fsp3) is 0.400. The highest BCUT2D eigenvalue weighted by Gasteiger charge is 2.39. The Labute approximate surface area is 135 Å². The zero-order valence-corrected chi connectivity index (χ0v) is 13.9. The number of imidazole rings is 1. The third-order valence-corrected chi connectivity index (χ3v) is 5.88. The standard InChI is InChI=1S/C15H20N4O3S/c1-18-9-15(17-10-18)23(20,21)19-7-13(14(16)8-19)11-3-5-12(22-2)6-4-11/h3-6,9-10,13-14H,7-8,16H2,1-2H3. The van der Waals surface area contributed by atoms with E-state index in [9.17, 15) is 8.42 Å². The lowest BCUT2D eigenvalue weighted by atomic mass is 9.95. The molecule has 1 aromatic heterocycles. The van der Waals surface area contributed by atoms with Crippen molar-refractivity contribution in [3.63, 3.8) is 0 Å². The van der Waals surface area contributed by atoms with Gasteiger partial charge in [-0.15, -0.1) is 0 Å². The summed E-state index contributed by atoms with van der Waals surface area (Å²) in [6, 6.07) is 7.33. The Morgan fingerprint density at radius 1 is 1.26 bits per heavy atom. The molecule has 2 aromatic rings. The Morgan fingerprint density at radius 3 is 2.52 bits per heavy atom. The smallest absolute Gasteiger partial charge is 0.262 e. The SMILES string of the molecule is COc1ccc(C2CN(S(=O)(=O)c3cn(C)cn3)CC2N)cc1. The van der Waals surface area contributed by atoms with E-state index in [1.807, 2.05) is 24.3 Å². The average Bonchev–Trinajstić information content (AvgIpc) is 3.14. The van der Waals surface area contributed by atoms with Crippen molar-refractivity contribution in [3.05, 3.63) is 42.4 Å². The van der Waals surface area contributed by atoms with E-state index >= 15 is 0 Å². The Morgan fingerprint density at radius 2 is 1.96 bits per heavy atom. The Balaban J connectivity index is 1.82. The minimum atomic E-state index is -3.61. The van der Waals surface area contributed by atoms with E-state index in [-0.39, 0.29) is 23.5 Å². The van der Waals surface area contributed by atoms with Crippen molar-refractivity contribution < 1.29 is 13.2 Å². The van der Waals surface area contributed by atoms with E-state index in [2.05, 4.69) is 4.98 Å². The molecule has 0 radical (unpaired) electrons. The normalized spacial score (nSPS) is 22.4. The first-order valence-electron chi connectivity index (χ1n) is 7.29. The highest BCUT2D eigenvalue weighted by Crippen LogP contribution is 2.30. The van der Waals surface area contributed by atoms with Gasteiger partial charge < -0.3 is 15.0 Å². The van der Waals surface area contributed by atoms with Crippen LogP contribution in [0, 0.1) is 0 Å². The van der Waals surface area contributed by atoms with Gasteiger partial charge in [0, 0.05) is 38.3 Å². The number of ether oxygens (including phenoxy) is 1. The molecule has 124 valence electrons. The summed E-state index contributed by atoms with van der Waals surface area (Å²) in [4.78, 5) is 3.95. The van der Waals surface area contributed by atoms with E-state index in [4.69, 9.17) is 10.5 Å². The number of methoxy groups -OCH3 is 1. The van der Waals surface area contributed by atoms with Gasteiger partial charge in [-0.25, -0.2) is 13.4 Å². The molecule has 1 aliphatic rings. The first kappa shape index (κ1) is 16.0. The molecule has 2 heterocycles. The lowest BCUT2D eigenvalue weighted by molar-refractivity contribution is 0.414. The van der Waals surface area contributed by atoms with Crippen molar-refractivity contribution in [1.29, 1.82) is 0 Å². The molecule has 3 rings (SSSR count). The van der Waals surface area contributed by atoms with Crippen LogP contribution >= 0.6 is 0 Å². The fourth-order valence-corrected chi connectivity index (χ4v) is 4.32. The lowest BCUT2D eigenvalue weighted by Crippen LogP contribution is -2.32. The molecule has 0 spiro atoms. The van der Waals surface area contributed by atoms with Gasteiger partial charge in [-0.2, -0.15) is 4.31 Å². The molecule has 0 aliphatic carbocycles. The summed E-state index contributed by atoms with van der Waals surface area (Å²) in [6.07, 6.45) is 2.98. The predicted octanol–water partition coefficient (Wildman–Crippen LogP) is 0.544. The minimum absolute atomic E-state index is 0.0422. The summed E-state index contributed by atoms with van der Waals surface area (Å²) >= 11 is 0. The summed E-state index contributed by atoms with van der Waals surface area (Å²) in [5.74, 6) is 0.720. The molecule has 8 heteroatoms. The largest absolute Gasteiger partial charge is 0.497 e. The second-order valence-corrected chi connectivity index (χ2v) is 7.63. The summed E-state index contributed by atoms with van der Waals surface area (Å²) in [5.41, 5.74) is 7.20. The molecule has 1 fully saturated rings. The van der Waals surface area contributed by atoms with Gasteiger partial charge in [0.1, 0.15) is 5.75 Å². The van der Waals surface area contributed by atoms with Gasteiger partial charge in [-0.05, 0) is 17.7 Å². The van der Waals surface area contributed by atoms with Crippen LogP contribution in [0.2, 0.25) is 0 Å². The van der Waals surface area contributed by atoms with Crippen LogP contribution in [0.25, 0.3) is 0 Å². The highest BCUT2D eigenvalue weighted by atomic mass is 32.2. The fourth-order valence-electron chi connectivity index (χ4n) is 2.85. The predicted molar refractivity (Wildman–Crippen MR) is 85.7 cm³/mol. The average molecular weight is 336 g/mol. The molecule has 7 nitrogen and oxygen atoms in total. The summed E-state index contributed by atoms with van der Waals surface area (Å²) < 4.78 is 33.5. The van der Waals surface area contributed by atoms with Gasteiger partial charge in [-0.3, -0.25) is 0 Å². The summed E-state index contributed by atoms with van der Waals surface area (Å²) in [6.45, 7) is 0.641. The second kappa shape index (κ2) is 5.95. The van der Waals surface area contributed by atoms with Crippen molar-refractivity contribution in [2.75, 3.05) is 20.2 Å². The van der Waals surface area contributed by atoms with Crippen LogP contribution in [0.3, 0.4) is 0 Å². The first-order chi connectivity index (χ1) is 10.9. The molecule has 1 aliphatic heterocycles. The van der Waals surface area contributed by atoms with Crippen molar-refractivity contribution in [2.45, 2.75) is 17.0 Å². The number of hydrogen-bond donors (Lipinski definition) is 1. The zero-order chi connectivity index (χ0) is 16.6. The third-order valence-electron chi connectivity index (χ3n) is 4.16. The van der Waals surface area contributed by atoms with Crippen LogP contribution in [0.1, 0.15) is 11.5 Å². The Bertz CT molecular complexity index is 785. The molecule has 1 aromatic carbocycles. The number of aromatic nitrogens is 2. The molecule has 2 unspecified atom stereocenters. The monoisotopic (exact) mass is 336 g/mol. The quantitative estimate of drug-likeness (QED) is 0.880. The van der Waals surface area contributed by atoms with E-state index in [0.29, 0.717) is 6.54 Å². The summed E-state index contributed by atoms with van der Waals surface area (Å²) in [5, 5.41) is 0.0579. The van der Waals surface area contributed by atoms with Crippen LogP contribution in [-0.2, 0) is 17.1 Å². The summed E-state index contributed by atoms with van der Waals surface area (Å²) in [7, 11) is -0.261. The maximum Gasteiger partial charge on any atom is 0.262 e. The van der Waals surface area contributed by atoms with Gasteiger partial charge in [0.25, 0.3) is 10.0 Å². The molecule has 2 N–H and O–H groups in total. The van der Waals surface area contributed by atoms with Crippen LogP contribution in [-0.4, -0.2) is 48.5 Å². The van der Waals surface area contributed by atoms with Crippen LogP contribution in [0.4, 0.5) is 0 Å². The number of hydrogen-bond acceptors (Lipinski definition) is 5. The third kappa shape index (κ3) is 2.97. The minimum Gasteiger partial charge on any atom is -0.497 e. The van der Waals surface area contributed by atoms with E-state index in [1.165, 1.54) is 16.8 Å². The number of rotatable bonds is 4. The molecule has 2 atom stereocenters. The van der Waals surface area contributed by atoms with E-state index in [1.54, 1.807) is 18.7 Å². The molecule has 0 amide bonds. The topological polar surface area (TPSA) is 90.5 Å². The van der Waals surface area contributed by atoms with Gasteiger partial charge in [0.15, 0.2) is 5.03 Å². The van der Waals surface area contributed by atoms with Gasteiger partial charge in [0.05, 0.1) is 13.4 Å². The lowest BCUT2D eigenvalue weighted by Gasteiger charge is -2.15. The number of nitrogens with two attached hydrogens (primary N) is 1. The maximum atomic E-state index is 12.6. The molecule has 1 saturated heterocycles.